The fourth-order valence-corrected chi connectivity index (χ4v) is 2.57. The van der Waals surface area contributed by atoms with Gasteiger partial charge in [-0.2, -0.15) is 0 Å². The minimum Gasteiger partial charge on any atom is -0.481 e. The molecule has 0 radical (unpaired) electrons. The molecule has 0 bridgehead atoms. The van der Waals surface area contributed by atoms with Crippen LogP contribution in [0.25, 0.3) is 0 Å². The van der Waals surface area contributed by atoms with Crippen molar-refractivity contribution in [1.82, 2.24) is 0 Å². The molecule has 4 N–H and O–H groups in total. The first-order valence-corrected chi connectivity index (χ1v) is 10.1. The Bertz CT molecular complexity index is 355. The predicted octanol–water partition coefficient (Wildman–Crippen LogP) is 4.46. The zero-order valence-electron chi connectivity index (χ0n) is 16.7. The van der Waals surface area contributed by atoms with E-state index in [1.54, 1.807) is 0 Å². The molecule has 27 heavy (non-hydrogen) atoms. The molecule has 0 aromatic rings. The number of aliphatic hydroxyl groups is 1. The summed E-state index contributed by atoms with van der Waals surface area (Å²) < 4.78 is 0. The van der Waals surface area contributed by atoms with Gasteiger partial charge < -0.3 is 20.4 Å². The molecule has 0 rings (SSSR count). The maximum atomic E-state index is 10.3. The molecule has 0 aliphatic rings. The van der Waals surface area contributed by atoms with E-state index >= 15 is 0 Å². The molecular formula is C20H38O7. The molecule has 0 aromatic heterocycles. The van der Waals surface area contributed by atoms with Gasteiger partial charge in [-0.3, -0.25) is 14.4 Å². The van der Waals surface area contributed by atoms with Crippen LogP contribution in [-0.2, 0) is 14.4 Å². The number of hydrogen-bond donors (Lipinski definition) is 4. The van der Waals surface area contributed by atoms with Crippen LogP contribution in [0.15, 0.2) is 0 Å². The van der Waals surface area contributed by atoms with Crippen LogP contribution in [-0.4, -0.2) is 44.4 Å². The van der Waals surface area contributed by atoms with Crippen molar-refractivity contribution in [2.45, 2.75) is 109 Å². The number of rotatable bonds is 17. The van der Waals surface area contributed by atoms with Crippen molar-refractivity contribution in [2.75, 3.05) is 0 Å². The third-order valence-corrected chi connectivity index (χ3v) is 4.00. The van der Waals surface area contributed by atoms with Crippen molar-refractivity contribution in [3.8, 4) is 0 Å². The average molecular weight is 391 g/mol. The zero-order valence-corrected chi connectivity index (χ0v) is 16.7. The molecular weight excluding hydrogens is 352 g/mol. The number of carbonyl (C=O) groups is 3. The summed E-state index contributed by atoms with van der Waals surface area (Å²) in [5, 5.41) is 33.2. The number of carboxylic acids is 3. The highest BCUT2D eigenvalue weighted by molar-refractivity contribution is 5.67. The molecule has 7 heteroatoms. The van der Waals surface area contributed by atoms with Crippen molar-refractivity contribution in [3.63, 3.8) is 0 Å². The van der Waals surface area contributed by atoms with Gasteiger partial charge in [0.25, 0.3) is 0 Å². The van der Waals surface area contributed by atoms with Gasteiger partial charge in [0.1, 0.15) is 0 Å². The second kappa shape index (κ2) is 20.7. The summed E-state index contributed by atoms with van der Waals surface area (Å²) in [4.78, 5) is 30.3. The Hall–Kier alpha value is -1.63. The molecule has 0 aliphatic heterocycles. The van der Waals surface area contributed by atoms with E-state index < -0.39 is 24.0 Å². The lowest BCUT2D eigenvalue weighted by Crippen LogP contribution is -2.07. The first-order chi connectivity index (χ1) is 12.8. The van der Waals surface area contributed by atoms with E-state index in [0.717, 1.165) is 38.5 Å². The van der Waals surface area contributed by atoms with Crippen LogP contribution in [0.5, 0.6) is 0 Å². The van der Waals surface area contributed by atoms with Crippen LogP contribution in [0, 0.1) is 0 Å². The summed E-state index contributed by atoms with van der Waals surface area (Å²) >= 11 is 0. The van der Waals surface area contributed by atoms with Crippen LogP contribution in [0.3, 0.4) is 0 Å². The fraction of sp³-hybridized carbons (Fsp3) is 0.850. The van der Waals surface area contributed by atoms with Gasteiger partial charge in [-0.05, 0) is 19.8 Å². The SMILES string of the molecule is CC(O)CC(=O)O.O=C(O)CCCCCCCCCCCCCCC(=O)O. The summed E-state index contributed by atoms with van der Waals surface area (Å²) in [7, 11) is 0. The Morgan fingerprint density at radius 2 is 0.815 bits per heavy atom. The van der Waals surface area contributed by atoms with Gasteiger partial charge in [-0.25, -0.2) is 0 Å². The highest BCUT2D eigenvalue weighted by Gasteiger charge is 2.00. The Labute approximate surface area is 162 Å². The molecule has 160 valence electrons. The first kappa shape index (κ1) is 27.6. The van der Waals surface area contributed by atoms with E-state index in [1.165, 1.54) is 45.4 Å². The first-order valence-electron chi connectivity index (χ1n) is 10.1. The number of hydrogen-bond acceptors (Lipinski definition) is 4. The van der Waals surface area contributed by atoms with E-state index in [9.17, 15) is 14.4 Å². The molecule has 1 atom stereocenters. The number of aliphatic carboxylic acids is 3. The van der Waals surface area contributed by atoms with Crippen molar-refractivity contribution in [2.24, 2.45) is 0 Å². The predicted molar refractivity (Wildman–Crippen MR) is 104 cm³/mol. The zero-order chi connectivity index (χ0) is 20.9. The molecule has 0 amide bonds. The maximum absolute atomic E-state index is 10.3. The standard InChI is InChI=1S/C16H30O4.C4H8O3/c17-15(18)13-11-9-7-5-3-1-2-4-6-8-10-12-14-16(19)20;1-3(5)2-4(6)7/h1-14H2,(H,17,18)(H,19,20);3,5H,2H2,1H3,(H,6,7). The summed E-state index contributed by atoms with van der Waals surface area (Å²) in [6.45, 7) is 1.44. The van der Waals surface area contributed by atoms with Crippen molar-refractivity contribution < 1.29 is 34.8 Å². The van der Waals surface area contributed by atoms with Crippen LogP contribution >= 0.6 is 0 Å². The molecule has 0 aromatic carbocycles. The maximum Gasteiger partial charge on any atom is 0.305 e. The minimum absolute atomic E-state index is 0.167. The fourth-order valence-electron chi connectivity index (χ4n) is 2.57. The van der Waals surface area contributed by atoms with E-state index in [2.05, 4.69) is 0 Å². The Morgan fingerprint density at radius 1 is 0.556 bits per heavy atom. The molecule has 0 heterocycles. The van der Waals surface area contributed by atoms with Gasteiger partial charge in [0.05, 0.1) is 12.5 Å². The third-order valence-electron chi connectivity index (χ3n) is 4.00. The van der Waals surface area contributed by atoms with Gasteiger partial charge in [-0.1, -0.05) is 64.2 Å². The lowest BCUT2D eigenvalue weighted by molar-refractivity contribution is -0.139. The van der Waals surface area contributed by atoms with Crippen molar-refractivity contribution in [3.05, 3.63) is 0 Å². The molecule has 0 saturated heterocycles. The van der Waals surface area contributed by atoms with Crippen LogP contribution < -0.4 is 0 Å². The second-order valence-corrected chi connectivity index (χ2v) is 6.98. The molecule has 0 spiro atoms. The van der Waals surface area contributed by atoms with Crippen molar-refractivity contribution >= 4 is 17.9 Å². The lowest BCUT2D eigenvalue weighted by atomic mass is 10.0. The summed E-state index contributed by atoms with van der Waals surface area (Å²) in [6, 6.07) is 0. The Balaban J connectivity index is 0. The number of unbranched alkanes of at least 4 members (excludes halogenated alkanes) is 11. The normalized spacial score (nSPS) is 11.3. The molecule has 7 nitrogen and oxygen atoms in total. The number of carboxylic acid groups (broad SMARTS) is 3. The smallest absolute Gasteiger partial charge is 0.305 e. The molecule has 1 unspecified atom stereocenters. The quantitative estimate of drug-likeness (QED) is 0.270. The van der Waals surface area contributed by atoms with Gasteiger partial charge >= 0.3 is 17.9 Å². The topological polar surface area (TPSA) is 132 Å². The largest absolute Gasteiger partial charge is 0.481 e. The van der Waals surface area contributed by atoms with Crippen LogP contribution in [0.4, 0.5) is 0 Å². The second-order valence-electron chi connectivity index (χ2n) is 6.98. The van der Waals surface area contributed by atoms with Crippen LogP contribution in [0.1, 0.15) is 103 Å². The third kappa shape index (κ3) is 32.5. The van der Waals surface area contributed by atoms with Gasteiger partial charge in [0.15, 0.2) is 0 Å². The van der Waals surface area contributed by atoms with E-state index in [4.69, 9.17) is 20.4 Å². The Morgan fingerprint density at radius 3 is 0.963 bits per heavy atom. The summed E-state index contributed by atoms with van der Waals surface area (Å²) in [6.07, 6.45) is 13.2. The van der Waals surface area contributed by atoms with Gasteiger partial charge in [0, 0.05) is 12.8 Å². The summed E-state index contributed by atoms with van der Waals surface area (Å²) in [5.41, 5.74) is 0. The van der Waals surface area contributed by atoms with E-state index in [1.807, 2.05) is 0 Å². The van der Waals surface area contributed by atoms with Crippen molar-refractivity contribution in [1.29, 1.82) is 0 Å². The lowest BCUT2D eigenvalue weighted by Gasteiger charge is -2.02. The Kier molecular flexibility index (Phi) is 21.1. The molecule has 0 fully saturated rings. The molecule has 0 saturated carbocycles. The van der Waals surface area contributed by atoms with E-state index in [0.29, 0.717) is 12.8 Å². The van der Waals surface area contributed by atoms with Crippen LogP contribution in [0.2, 0.25) is 0 Å². The minimum atomic E-state index is -0.963. The highest BCUT2D eigenvalue weighted by atomic mass is 16.4. The average Bonchev–Trinajstić information content (AvgIpc) is 2.54. The monoisotopic (exact) mass is 390 g/mol. The van der Waals surface area contributed by atoms with E-state index in [-0.39, 0.29) is 6.42 Å². The van der Waals surface area contributed by atoms with Gasteiger partial charge in [-0.15, -0.1) is 0 Å². The summed E-state index contributed by atoms with van der Waals surface area (Å²) in [5.74, 6) is -2.34. The highest BCUT2D eigenvalue weighted by Crippen LogP contribution is 2.12. The van der Waals surface area contributed by atoms with Gasteiger partial charge in [0.2, 0.25) is 0 Å². The molecule has 0 aliphatic carbocycles. The number of aliphatic hydroxyl groups excluding tert-OH is 1.